The lowest BCUT2D eigenvalue weighted by molar-refractivity contribution is -0.121. The summed E-state index contributed by atoms with van der Waals surface area (Å²) in [5.41, 5.74) is 19.1. The number of hydrogen-bond acceptors (Lipinski definition) is 10. The van der Waals surface area contributed by atoms with Gasteiger partial charge in [0.05, 0.1) is 46.7 Å². The number of amides is 2. The van der Waals surface area contributed by atoms with Crippen LogP contribution in [0.1, 0.15) is 66.6 Å². The van der Waals surface area contributed by atoms with E-state index in [0.29, 0.717) is 17.9 Å². The van der Waals surface area contributed by atoms with Crippen LogP contribution in [0.2, 0.25) is 0 Å². The molecule has 2 amide bonds. The van der Waals surface area contributed by atoms with Crippen molar-refractivity contribution in [1.29, 1.82) is 0 Å². The Hall–Kier alpha value is -5.17. The molecule has 2 aromatic heterocycles. The van der Waals surface area contributed by atoms with Crippen molar-refractivity contribution in [2.24, 2.45) is 17.4 Å². The Kier molecular flexibility index (Phi) is 7.92. The Labute approximate surface area is 273 Å². The molecule has 0 spiro atoms. The normalized spacial score (nSPS) is 20.0. The number of nitrogens with two attached hydrogens (primary N) is 2. The molecule has 1 unspecified atom stereocenters. The molecule has 2 saturated carbocycles. The number of pyridine rings is 1. The van der Waals surface area contributed by atoms with Gasteiger partial charge in [0.15, 0.2) is 6.29 Å². The molecule has 13 nitrogen and oxygen atoms in total. The second-order valence-electron chi connectivity index (χ2n) is 13.0. The minimum absolute atomic E-state index is 0.00989. The van der Waals surface area contributed by atoms with E-state index in [9.17, 15) is 14.4 Å². The van der Waals surface area contributed by atoms with Crippen LogP contribution < -0.4 is 32.3 Å². The molecule has 4 aliphatic rings. The van der Waals surface area contributed by atoms with Crippen molar-refractivity contribution < 1.29 is 14.4 Å². The number of rotatable bonds is 11. The topological polar surface area (TPSA) is 177 Å². The molecular formula is C34H40N10O3. The lowest BCUT2D eigenvalue weighted by atomic mass is 9.93. The molecule has 7 N–H and O–H groups in total. The molecule has 1 aromatic carbocycles. The first-order chi connectivity index (χ1) is 22.7. The summed E-state index contributed by atoms with van der Waals surface area (Å²) in [5, 5.41) is 13.9. The van der Waals surface area contributed by atoms with Gasteiger partial charge in [-0.2, -0.15) is 5.10 Å². The third-order valence-corrected chi connectivity index (χ3v) is 9.34. The third-order valence-electron chi connectivity index (χ3n) is 9.34. The van der Waals surface area contributed by atoms with Gasteiger partial charge in [-0.05, 0) is 50.8 Å². The quantitative estimate of drug-likeness (QED) is 0.119. The van der Waals surface area contributed by atoms with Gasteiger partial charge in [-0.3, -0.25) is 24.0 Å². The largest absolute Gasteiger partial charge is 0.393 e. The van der Waals surface area contributed by atoms with Gasteiger partial charge in [-0.15, -0.1) is 0 Å². The van der Waals surface area contributed by atoms with Crippen molar-refractivity contribution >= 4 is 29.5 Å². The number of benzene rings is 1. The zero-order valence-electron chi connectivity index (χ0n) is 26.6. The van der Waals surface area contributed by atoms with E-state index in [2.05, 4.69) is 48.4 Å². The summed E-state index contributed by atoms with van der Waals surface area (Å²) in [7, 11) is 2.04. The van der Waals surface area contributed by atoms with Gasteiger partial charge in [0.25, 0.3) is 5.91 Å². The fourth-order valence-corrected chi connectivity index (χ4v) is 6.33. The van der Waals surface area contributed by atoms with Gasteiger partial charge in [0.1, 0.15) is 17.2 Å². The summed E-state index contributed by atoms with van der Waals surface area (Å²) in [6.07, 6.45) is 7.76. The Balaban J connectivity index is 1.15. The number of likely N-dealkylation sites (tertiary alicyclic amines) is 1. The van der Waals surface area contributed by atoms with Crippen molar-refractivity contribution in [3.05, 3.63) is 83.0 Å². The lowest BCUT2D eigenvalue weighted by Gasteiger charge is -2.42. The predicted molar refractivity (Wildman–Crippen MR) is 178 cm³/mol. The zero-order valence-corrected chi connectivity index (χ0v) is 26.6. The number of para-hydroxylation sites is 1. The second kappa shape index (κ2) is 12.2. The molecule has 0 radical (unpaired) electrons. The molecule has 7 rings (SSSR count). The highest BCUT2D eigenvalue weighted by Gasteiger charge is 2.37. The first-order valence-electron chi connectivity index (χ1n) is 16.1. The Morgan fingerprint density at radius 3 is 2.53 bits per heavy atom. The SMILES string of the molecule is CC1c2c(cnn2C2CN(Cc3cccc(C=O)n3)C2)-c2cccc(NC(/C=C(\N)NC(=O)C3CC3)=C(/N)C(=O)NC3CC3)c2N1C. The summed E-state index contributed by atoms with van der Waals surface area (Å²) >= 11 is 0. The molecule has 244 valence electrons. The number of hydrogen-bond donors (Lipinski definition) is 5. The molecular weight excluding hydrogens is 596 g/mol. The average molecular weight is 637 g/mol. The molecule has 2 aliphatic carbocycles. The van der Waals surface area contributed by atoms with Gasteiger partial charge >= 0.3 is 0 Å². The van der Waals surface area contributed by atoms with Crippen molar-refractivity contribution in [2.75, 3.05) is 30.4 Å². The minimum Gasteiger partial charge on any atom is -0.393 e. The summed E-state index contributed by atoms with van der Waals surface area (Å²) < 4.78 is 2.14. The second-order valence-corrected chi connectivity index (χ2v) is 13.0. The smallest absolute Gasteiger partial charge is 0.269 e. The van der Waals surface area contributed by atoms with E-state index >= 15 is 0 Å². The molecule has 0 bridgehead atoms. The van der Waals surface area contributed by atoms with E-state index in [1.807, 2.05) is 37.5 Å². The van der Waals surface area contributed by atoms with E-state index in [4.69, 9.17) is 16.6 Å². The van der Waals surface area contributed by atoms with Crippen LogP contribution in [-0.4, -0.2) is 63.9 Å². The van der Waals surface area contributed by atoms with E-state index in [1.54, 1.807) is 6.07 Å². The summed E-state index contributed by atoms with van der Waals surface area (Å²) in [6.45, 7) is 4.48. The maximum atomic E-state index is 13.0. The lowest BCUT2D eigenvalue weighted by Crippen LogP contribution is -2.48. The number of allylic oxidation sites excluding steroid dienone is 1. The van der Waals surface area contributed by atoms with Gasteiger partial charge in [-0.1, -0.05) is 18.2 Å². The first kappa shape index (κ1) is 30.5. The van der Waals surface area contributed by atoms with Crippen molar-refractivity contribution in [3.8, 4) is 11.1 Å². The number of carbonyl (C=O) groups is 3. The predicted octanol–water partition coefficient (Wildman–Crippen LogP) is 2.51. The van der Waals surface area contributed by atoms with Crippen LogP contribution in [0.25, 0.3) is 11.1 Å². The molecule has 13 heteroatoms. The number of aldehydes is 1. The number of fused-ring (bicyclic) bond motifs is 3. The van der Waals surface area contributed by atoms with Gasteiger partial charge in [0, 0.05) is 55.8 Å². The highest BCUT2D eigenvalue weighted by molar-refractivity contribution is 5.96. The highest BCUT2D eigenvalue weighted by Crippen LogP contribution is 2.48. The summed E-state index contributed by atoms with van der Waals surface area (Å²) in [5.74, 6) is -0.426. The number of nitrogens with one attached hydrogen (secondary N) is 3. The van der Waals surface area contributed by atoms with Gasteiger partial charge in [-0.25, -0.2) is 4.98 Å². The molecule has 47 heavy (non-hydrogen) atoms. The molecule has 1 atom stereocenters. The third kappa shape index (κ3) is 6.18. The van der Waals surface area contributed by atoms with Crippen molar-refractivity contribution in [2.45, 2.75) is 57.3 Å². The molecule has 1 saturated heterocycles. The van der Waals surface area contributed by atoms with Crippen LogP contribution in [0.5, 0.6) is 0 Å². The number of aromatic nitrogens is 3. The average Bonchev–Trinajstić information content (AvgIpc) is 3.99. The van der Waals surface area contributed by atoms with E-state index in [0.717, 1.165) is 78.9 Å². The van der Waals surface area contributed by atoms with Crippen molar-refractivity contribution in [1.82, 2.24) is 30.3 Å². The van der Waals surface area contributed by atoms with Crippen LogP contribution in [0.3, 0.4) is 0 Å². The maximum Gasteiger partial charge on any atom is 0.269 e. The Morgan fingerprint density at radius 2 is 1.81 bits per heavy atom. The maximum absolute atomic E-state index is 13.0. The minimum atomic E-state index is -0.385. The number of carbonyl (C=O) groups excluding carboxylic acids is 3. The van der Waals surface area contributed by atoms with E-state index in [1.165, 1.54) is 6.08 Å². The van der Waals surface area contributed by atoms with Crippen LogP contribution in [0.15, 0.2) is 65.9 Å². The van der Waals surface area contributed by atoms with E-state index in [-0.39, 0.29) is 47.4 Å². The fourth-order valence-electron chi connectivity index (χ4n) is 6.33. The van der Waals surface area contributed by atoms with Crippen LogP contribution in [0.4, 0.5) is 11.4 Å². The summed E-state index contributed by atoms with van der Waals surface area (Å²) in [6, 6.07) is 11.8. The number of nitrogens with zero attached hydrogens (tertiary/aromatic N) is 5. The zero-order chi connectivity index (χ0) is 32.8. The van der Waals surface area contributed by atoms with Gasteiger partial charge < -0.3 is 32.3 Å². The summed E-state index contributed by atoms with van der Waals surface area (Å²) in [4.78, 5) is 45.5. The molecule has 2 aliphatic heterocycles. The van der Waals surface area contributed by atoms with Gasteiger partial charge in [0.2, 0.25) is 5.91 Å². The Morgan fingerprint density at radius 1 is 1.04 bits per heavy atom. The molecule has 4 heterocycles. The highest BCUT2D eigenvalue weighted by atomic mass is 16.2. The first-order valence-corrected chi connectivity index (χ1v) is 16.1. The monoisotopic (exact) mass is 636 g/mol. The van der Waals surface area contributed by atoms with Crippen LogP contribution >= 0.6 is 0 Å². The van der Waals surface area contributed by atoms with Crippen LogP contribution in [0, 0.1) is 5.92 Å². The molecule has 3 aromatic rings. The van der Waals surface area contributed by atoms with Crippen molar-refractivity contribution in [3.63, 3.8) is 0 Å². The Bertz CT molecular complexity index is 1800. The number of anilines is 2. The standard InChI is InChI=1S/C34H40N10O3/c1-19-31-26(14-37-44(31)24-16-43(17-24)15-22-5-3-6-23(18-45)38-22)25-7-4-8-27(32(25)42(19)2)40-28(30(36)34(47)39-21-11-12-21)13-29(35)41-33(46)20-9-10-20/h3-8,13-14,18-21,24,40H,9-12,15-17,35-36H2,1-2H3,(H,39,47)(H,41,46)/b29-13+,30-28+. The van der Waals surface area contributed by atoms with E-state index < -0.39 is 0 Å². The molecule has 3 fully saturated rings. The van der Waals surface area contributed by atoms with Crippen LogP contribution in [-0.2, 0) is 16.1 Å². The fraction of sp³-hybridized carbons (Fsp3) is 0.382.